The van der Waals surface area contributed by atoms with Gasteiger partial charge in [0.1, 0.15) is 89.6 Å². The van der Waals surface area contributed by atoms with Gasteiger partial charge >= 0.3 is 0 Å². The lowest BCUT2D eigenvalue weighted by Gasteiger charge is -2.45. The van der Waals surface area contributed by atoms with Crippen LogP contribution in [0.25, 0.3) is 0 Å². The maximum absolute atomic E-state index is 14.5. The number of amides is 2. The molecule has 0 saturated heterocycles. The molecule has 6 unspecified atom stereocenters. The molecule has 2 amide bonds. The third-order valence-corrected chi connectivity index (χ3v) is 19.5. The molecule has 88 heavy (non-hydrogen) atoms. The van der Waals surface area contributed by atoms with Crippen LogP contribution in [0.1, 0.15) is 66.5 Å². The van der Waals surface area contributed by atoms with Crippen molar-refractivity contribution < 1.29 is 73.2 Å². The average Bonchev–Trinajstić information content (AvgIpc) is 1.50. The molecule has 0 bridgehead atoms. The number of hydrogen-bond donors (Lipinski definition) is 2. The highest BCUT2D eigenvalue weighted by atomic mass is 32.2. The molecule has 0 aromatic heterocycles. The molecule has 30 heteroatoms. The Labute approximate surface area is 507 Å². The Balaban J connectivity index is 0.000000146. The van der Waals surface area contributed by atoms with Gasteiger partial charge in [0.15, 0.2) is 9.74 Å². The van der Waals surface area contributed by atoms with Crippen molar-refractivity contribution in [1.82, 2.24) is 15.4 Å². The van der Waals surface area contributed by atoms with Crippen molar-refractivity contribution in [3.8, 4) is 17.2 Å². The van der Waals surface area contributed by atoms with Crippen LogP contribution in [0.5, 0.6) is 17.2 Å². The first kappa shape index (κ1) is 62.7. The monoisotopic (exact) mass is 1280 g/mol. The van der Waals surface area contributed by atoms with Gasteiger partial charge in [-0.05, 0) is 122 Å². The number of rotatable bonds is 11. The van der Waals surface area contributed by atoms with Crippen LogP contribution in [0.4, 0.5) is 39.5 Å². The number of benzene rings is 6. The summed E-state index contributed by atoms with van der Waals surface area (Å²) in [5.74, 6) is -6.93. The molecule has 0 radical (unpaired) electrons. The summed E-state index contributed by atoms with van der Waals surface area (Å²) in [7, 11) is 0. The van der Waals surface area contributed by atoms with Gasteiger partial charge in [-0.25, -0.2) is 49.5 Å². The van der Waals surface area contributed by atoms with Crippen molar-refractivity contribution in [3.63, 3.8) is 0 Å². The number of fused-ring (bicyclic) bond motifs is 6. The molecule has 0 saturated carbocycles. The number of nitro groups is 2. The van der Waals surface area contributed by atoms with E-state index in [0.29, 0.717) is 35.6 Å². The fourth-order valence-corrected chi connectivity index (χ4v) is 15.5. The zero-order valence-corrected chi connectivity index (χ0v) is 48.4. The summed E-state index contributed by atoms with van der Waals surface area (Å²) in [6.07, 6.45) is 0.590. The van der Waals surface area contributed by atoms with Crippen LogP contribution in [0.2, 0.25) is 0 Å². The van der Waals surface area contributed by atoms with Gasteiger partial charge in [-0.2, -0.15) is 15.3 Å². The minimum atomic E-state index is -1.41. The molecule has 6 atom stereocenters. The highest BCUT2D eigenvalue weighted by Crippen LogP contribution is 2.60. The van der Waals surface area contributed by atoms with Crippen molar-refractivity contribution in [2.75, 3.05) is 39.5 Å². The van der Waals surface area contributed by atoms with Crippen LogP contribution in [0.15, 0.2) is 124 Å². The minimum Gasteiger partial charge on any atom is -0.493 e. The van der Waals surface area contributed by atoms with Gasteiger partial charge in [0, 0.05) is 87.7 Å². The fraction of sp³-hybridized carbons (Fsp3) is 0.293. The normalized spacial score (nSPS) is 22.7. The van der Waals surface area contributed by atoms with Crippen molar-refractivity contribution in [1.29, 1.82) is 0 Å². The van der Waals surface area contributed by atoms with Crippen LogP contribution >= 0.6 is 35.3 Å². The highest BCUT2D eigenvalue weighted by molar-refractivity contribution is 8.16. The molecular weight excluding hydrogens is 1230 g/mol. The van der Waals surface area contributed by atoms with E-state index >= 15 is 0 Å². The van der Waals surface area contributed by atoms with Gasteiger partial charge in [-0.3, -0.25) is 35.2 Å². The van der Waals surface area contributed by atoms with E-state index in [4.69, 9.17) is 19.9 Å². The number of nitrogens with zero attached hydrogens (tertiary/aromatic N) is 7. The second kappa shape index (κ2) is 25.4. The minimum absolute atomic E-state index is 0.00230. The first-order chi connectivity index (χ1) is 42.0. The molecule has 460 valence electrons. The number of nitrogens with two attached hydrogens (primary N) is 1. The van der Waals surface area contributed by atoms with Crippen LogP contribution in [-0.2, 0) is 24.2 Å². The molecule has 0 fully saturated rings. The molecule has 12 rings (SSSR count). The lowest BCUT2D eigenvalue weighted by Crippen LogP contribution is -2.51. The number of carbonyl (C=O) groups excluding carboxylic acids is 2. The van der Waals surface area contributed by atoms with E-state index in [1.807, 2.05) is 0 Å². The molecule has 6 aliphatic rings. The van der Waals surface area contributed by atoms with Crippen molar-refractivity contribution in [2.24, 2.45) is 38.8 Å². The molecule has 6 aromatic carbocycles. The zero-order valence-electron chi connectivity index (χ0n) is 46.0. The van der Waals surface area contributed by atoms with Gasteiger partial charge in [0.2, 0.25) is 24.9 Å². The Kier molecular flexibility index (Phi) is 18.1. The summed E-state index contributed by atoms with van der Waals surface area (Å²) < 4.78 is 144. The van der Waals surface area contributed by atoms with Gasteiger partial charge in [-0.1, -0.05) is 35.3 Å². The second-order valence-electron chi connectivity index (χ2n) is 20.5. The number of thioether (sulfide) groups is 3. The van der Waals surface area contributed by atoms with Gasteiger partial charge in [0.25, 0.3) is 0 Å². The van der Waals surface area contributed by atoms with E-state index < -0.39 is 107 Å². The molecule has 18 nitrogen and oxygen atoms in total. The number of carbonyl (C=O) groups is 2. The predicted molar refractivity (Wildman–Crippen MR) is 307 cm³/mol. The smallest absolute Gasteiger partial charge is 0.241 e. The Morgan fingerprint density at radius 2 is 0.886 bits per heavy atom. The maximum Gasteiger partial charge on any atom is 0.241 e. The van der Waals surface area contributed by atoms with E-state index in [-0.39, 0.29) is 88.3 Å². The van der Waals surface area contributed by atoms with Crippen LogP contribution in [-0.4, -0.2) is 86.3 Å². The molecule has 0 aliphatic carbocycles. The summed E-state index contributed by atoms with van der Waals surface area (Å²) in [5.41, 5.74) is 9.53. The maximum atomic E-state index is 14.5. The Morgan fingerprint density at radius 3 is 1.30 bits per heavy atom. The Morgan fingerprint density at radius 1 is 0.534 bits per heavy atom. The van der Waals surface area contributed by atoms with Gasteiger partial charge in [-0.15, -0.1) is 0 Å². The second-order valence-corrected chi connectivity index (χ2v) is 24.2. The van der Waals surface area contributed by atoms with E-state index in [2.05, 4.69) is 20.7 Å². The third-order valence-electron chi connectivity index (χ3n) is 15.0. The first-order valence-corrected chi connectivity index (χ1v) is 29.2. The summed E-state index contributed by atoms with van der Waals surface area (Å²) >= 11 is 3.11. The SMILES string of the molecule is CC(=O)N1N=C(c2cc(F)ccc2F)SC12c1cc(F)ccc1OCC2CCN.CC(=O)N1N=C(c2cc(F)ccc2F)SC12c1cc(F)ccc1OCC2CC[N+](=O)[O-].O=[N+]([O-])CCC1COc2ccc(F)cc2C12NN=C(c1cc(F)ccc1F)S2. The van der Waals surface area contributed by atoms with Crippen LogP contribution in [0.3, 0.4) is 0 Å². The van der Waals surface area contributed by atoms with Gasteiger partial charge in [0.05, 0.1) is 19.8 Å². The van der Waals surface area contributed by atoms with Crippen molar-refractivity contribution in [2.45, 2.75) is 47.7 Å². The summed E-state index contributed by atoms with van der Waals surface area (Å²) in [6.45, 7) is 2.49. The number of halogens is 9. The van der Waals surface area contributed by atoms with E-state index in [9.17, 15) is 69.3 Å². The molecule has 3 spiro atoms. The van der Waals surface area contributed by atoms with Crippen LogP contribution in [0, 0.1) is 90.3 Å². The molecule has 3 N–H and O–H groups in total. The average molecular weight is 1280 g/mol. The van der Waals surface area contributed by atoms with Crippen molar-refractivity contribution in [3.05, 3.63) is 215 Å². The van der Waals surface area contributed by atoms with E-state index in [1.165, 1.54) is 73.5 Å². The number of nitrogens with one attached hydrogen (secondary N) is 1. The topological polar surface area (TPSA) is 230 Å². The van der Waals surface area contributed by atoms with Gasteiger partial charge < -0.3 is 19.9 Å². The summed E-state index contributed by atoms with van der Waals surface area (Å²) in [6, 6.07) is 20.7. The summed E-state index contributed by atoms with van der Waals surface area (Å²) in [5, 5.41) is 37.3. The molecular formula is C58H48F9N9O9S3. The quantitative estimate of drug-likeness (QED) is 0.0698. The standard InChI is InChI=1S/C20H16F3N3O4S.C20H18F3N3O2S.C18H14F3N3O3S/c1-11(27)26-20(31-19(24-26)15-8-13(21)2-4-17(15)23)12(6-7-25(28)29)10-30-18-5-3-14(22)9-16(18)20;1-11(27)26-20(29-19(25-26)15-8-13(21)2-4-17(15)23)12(6-7-24)10-28-18-5-3-14(22)9-16(18)20;19-11-1-3-15(21)13(7-11)17-22-23-18(28-17)10(5-6-24(25)26)9-27-16-4-2-12(20)8-14(16)18/h2-5,8-9,12H,6-7,10H2,1H3;2-5,8-9,12H,6-7,10,24H2,1H3;1-4,7-8,10,23H,5-6,9H2. The Bertz CT molecular complexity index is 3900. The number of hydrazone groups is 3. The molecule has 6 aliphatic heterocycles. The molecule has 6 aromatic rings. The summed E-state index contributed by atoms with van der Waals surface area (Å²) in [4.78, 5) is 42.4. The lowest BCUT2D eigenvalue weighted by atomic mass is 9.86. The van der Waals surface area contributed by atoms with E-state index in [1.54, 1.807) is 0 Å². The zero-order chi connectivity index (χ0) is 63.0. The third kappa shape index (κ3) is 12.0. The molecule has 6 heterocycles. The van der Waals surface area contributed by atoms with E-state index in [0.717, 1.165) is 94.9 Å². The predicted octanol–water partition coefficient (Wildman–Crippen LogP) is 11.1. The largest absolute Gasteiger partial charge is 0.493 e. The number of ether oxygens (including phenoxy) is 3. The number of hydrogen-bond acceptors (Lipinski definition) is 17. The Hall–Kier alpha value is -8.35. The fourth-order valence-electron chi connectivity index (χ4n) is 11.0. The van der Waals surface area contributed by atoms with Crippen LogP contribution < -0.4 is 25.4 Å². The first-order valence-electron chi connectivity index (χ1n) is 26.8. The van der Waals surface area contributed by atoms with Crippen molar-refractivity contribution >= 4 is 62.2 Å². The lowest BCUT2D eigenvalue weighted by molar-refractivity contribution is -0.482. The highest BCUT2D eigenvalue weighted by Gasteiger charge is 2.59.